The van der Waals surface area contributed by atoms with Crippen molar-refractivity contribution in [1.29, 1.82) is 0 Å². The maximum Gasteiger partial charge on any atom is 0.322 e. The molecule has 0 amide bonds. The van der Waals surface area contributed by atoms with Crippen molar-refractivity contribution in [1.82, 2.24) is 4.31 Å². The Hall–Kier alpha value is -1.84. The van der Waals surface area contributed by atoms with Crippen molar-refractivity contribution in [3.63, 3.8) is 0 Å². The van der Waals surface area contributed by atoms with Crippen LogP contribution in [0.2, 0.25) is 0 Å². The highest BCUT2D eigenvalue weighted by molar-refractivity contribution is 7.89. The number of hydrogen-bond acceptors (Lipinski definition) is 6. The number of carboxylic acid groups (broad SMARTS) is 1. The number of sulfonamides is 1. The summed E-state index contributed by atoms with van der Waals surface area (Å²) in [5.74, 6) is -0.714. The minimum absolute atomic E-state index is 0.120. The topological polar surface area (TPSA) is 113 Å². The highest BCUT2D eigenvalue weighted by atomic mass is 32.2. The number of methoxy groups -OCH3 is 2. The molecular weight excluding hydrogens is 314 g/mol. The van der Waals surface area contributed by atoms with Crippen LogP contribution in [0.3, 0.4) is 0 Å². The van der Waals surface area contributed by atoms with Gasteiger partial charge in [-0.2, -0.15) is 4.31 Å². The van der Waals surface area contributed by atoms with Crippen LogP contribution in [0.4, 0.5) is 0 Å². The number of carboxylic acids is 1. The highest BCUT2D eigenvalue weighted by Crippen LogP contribution is 2.33. The number of β-amino-alcohol motifs (C(OH)–C–C–N with tert-alkyl or cyclic N) is 1. The van der Waals surface area contributed by atoms with Gasteiger partial charge in [0.05, 0.1) is 25.2 Å². The zero-order chi connectivity index (χ0) is 16.5. The van der Waals surface area contributed by atoms with Gasteiger partial charge in [0.2, 0.25) is 10.0 Å². The van der Waals surface area contributed by atoms with Crippen LogP contribution in [0.25, 0.3) is 0 Å². The predicted molar refractivity (Wildman–Crippen MR) is 75.5 cm³/mol. The Morgan fingerprint density at radius 2 is 1.91 bits per heavy atom. The van der Waals surface area contributed by atoms with E-state index in [1.54, 1.807) is 0 Å². The van der Waals surface area contributed by atoms with Crippen LogP contribution in [0.5, 0.6) is 11.5 Å². The average molecular weight is 331 g/mol. The second-order valence-corrected chi connectivity index (χ2v) is 6.73. The first-order chi connectivity index (χ1) is 10.3. The Bertz CT molecular complexity index is 673. The van der Waals surface area contributed by atoms with Gasteiger partial charge in [-0.15, -0.1) is 0 Å². The summed E-state index contributed by atoms with van der Waals surface area (Å²) in [6, 6.07) is 2.71. The van der Waals surface area contributed by atoms with E-state index >= 15 is 0 Å². The molecule has 0 saturated carbocycles. The Morgan fingerprint density at radius 3 is 2.45 bits per heavy atom. The van der Waals surface area contributed by atoms with Crippen molar-refractivity contribution in [2.45, 2.75) is 23.5 Å². The van der Waals surface area contributed by atoms with E-state index in [-0.39, 0.29) is 23.6 Å². The lowest BCUT2D eigenvalue weighted by molar-refractivity contribution is -0.140. The monoisotopic (exact) mass is 331 g/mol. The number of ether oxygens (including phenoxy) is 2. The van der Waals surface area contributed by atoms with E-state index in [0.29, 0.717) is 5.75 Å². The molecule has 0 bridgehead atoms. The van der Waals surface area contributed by atoms with Gasteiger partial charge in [-0.25, -0.2) is 8.42 Å². The van der Waals surface area contributed by atoms with E-state index in [9.17, 15) is 18.3 Å². The number of aliphatic hydroxyl groups excluding tert-OH is 1. The zero-order valence-corrected chi connectivity index (χ0v) is 12.9. The summed E-state index contributed by atoms with van der Waals surface area (Å²) >= 11 is 0. The molecule has 1 fully saturated rings. The quantitative estimate of drug-likeness (QED) is 0.775. The van der Waals surface area contributed by atoms with Crippen LogP contribution in [-0.4, -0.2) is 61.8 Å². The first-order valence-corrected chi connectivity index (χ1v) is 7.90. The molecule has 1 aromatic carbocycles. The number of benzene rings is 1. The summed E-state index contributed by atoms with van der Waals surface area (Å²) in [6.45, 7) is -0.256. The molecule has 122 valence electrons. The average Bonchev–Trinajstić information content (AvgIpc) is 2.89. The van der Waals surface area contributed by atoms with Gasteiger partial charge in [-0.05, 0) is 12.1 Å². The molecule has 9 heteroatoms. The van der Waals surface area contributed by atoms with Crippen molar-refractivity contribution in [2.24, 2.45) is 0 Å². The van der Waals surface area contributed by atoms with Gasteiger partial charge < -0.3 is 19.7 Å². The lowest BCUT2D eigenvalue weighted by Crippen LogP contribution is -2.40. The van der Waals surface area contributed by atoms with Gasteiger partial charge in [-0.1, -0.05) is 0 Å². The number of carbonyl (C=O) groups is 1. The SMILES string of the molecule is COc1ccc(S(=O)(=O)N2C[C@H](O)C[C@H]2C(=O)O)cc1OC. The molecule has 2 atom stereocenters. The lowest BCUT2D eigenvalue weighted by Gasteiger charge is -2.21. The molecule has 0 radical (unpaired) electrons. The fourth-order valence-corrected chi connectivity index (χ4v) is 4.03. The second-order valence-electron chi connectivity index (χ2n) is 4.84. The molecule has 0 aromatic heterocycles. The molecule has 1 saturated heterocycles. The zero-order valence-electron chi connectivity index (χ0n) is 12.1. The third-order valence-electron chi connectivity index (χ3n) is 3.48. The van der Waals surface area contributed by atoms with Crippen molar-refractivity contribution in [2.75, 3.05) is 20.8 Å². The summed E-state index contributed by atoms with van der Waals surface area (Å²) in [5, 5.41) is 18.7. The minimum Gasteiger partial charge on any atom is -0.493 e. The summed E-state index contributed by atoms with van der Waals surface area (Å²) in [5.41, 5.74) is 0. The van der Waals surface area contributed by atoms with E-state index in [1.807, 2.05) is 0 Å². The maximum absolute atomic E-state index is 12.6. The Balaban J connectivity index is 2.44. The van der Waals surface area contributed by atoms with Crippen LogP contribution in [0.15, 0.2) is 23.1 Å². The molecule has 1 aliphatic heterocycles. The van der Waals surface area contributed by atoms with Crippen LogP contribution >= 0.6 is 0 Å². The molecule has 2 rings (SSSR count). The first kappa shape index (κ1) is 16.5. The van der Waals surface area contributed by atoms with Crippen molar-refractivity contribution < 1.29 is 32.9 Å². The van der Waals surface area contributed by atoms with Gasteiger partial charge in [0, 0.05) is 19.0 Å². The fraction of sp³-hybridized carbons (Fsp3) is 0.462. The maximum atomic E-state index is 12.6. The van der Waals surface area contributed by atoms with Crippen LogP contribution in [-0.2, 0) is 14.8 Å². The summed E-state index contributed by atoms with van der Waals surface area (Å²) in [6.07, 6.45) is -1.14. The van der Waals surface area contributed by atoms with Crippen LogP contribution in [0.1, 0.15) is 6.42 Å². The number of aliphatic hydroxyl groups is 1. The number of hydrogen-bond donors (Lipinski definition) is 2. The molecular formula is C13H17NO7S. The summed E-state index contributed by atoms with van der Waals surface area (Å²) in [7, 11) is -1.28. The van der Waals surface area contributed by atoms with Gasteiger partial charge >= 0.3 is 5.97 Å². The normalized spacial score (nSPS) is 22.5. The van der Waals surface area contributed by atoms with Crippen molar-refractivity contribution in [3.05, 3.63) is 18.2 Å². The van der Waals surface area contributed by atoms with E-state index < -0.39 is 28.1 Å². The first-order valence-electron chi connectivity index (χ1n) is 6.46. The summed E-state index contributed by atoms with van der Waals surface area (Å²) in [4.78, 5) is 11.1. The summed E-state index contributed by atoms with van der Waals surface area (Å²) < 4.78 is 36.1. The molecule has 1 aromatic rings. The van der Waals surface area contributed by atoms with E-state index in [0.717, 1.165) is 4.31 Å². The Kier molecular flexibility index (Phi) is 4.59. The standard InChI is InChI=1S/C13H17NO7S/c1-20-11-4-3-9(6-12(11)21-2)22(18,19)14-7-8(15)5-10(14)13(16)17/h3-4,6,8,10,15H,5,7H2,1-2H3,(H,16,17)/t8-,10+/m1/s1. The van der Waals surface area contributed by atoms with Crippen LogP contribution in [0, 0.1) is 0 Å². The molecule has 2 N–H and O–H groups in total. The van der Waals surface area contributed by atoms with Crippen molar-refractivity contribution in [3.8, 4) is 11.5 Å². The number of rotatable bonds is 5. The molecule has 1 aliphatic rings. The van der Waals surface area contributed by atoms with Gasteiger partial charge in [0.1, 0.15) is 6.04 Å². The lowest BCUT2D eigenvalue weighted by atomic mass is 10.2. The Morgan fingerprint density at radius 1 is 1.27 bits per heavy atom. The van der Waals surface area contributed by atoms with Crippen LogP contribution < -0.4 is 9.47 Å². The smallest absolute Gasteiger partial charge is 0.322 e. The van der Waals surface area contributed by atoms with Gasteiger partial charge in [0.25, 0.3) is 0 Å². The van der Waals surface area contributed by atoms with E-state index in [1.165, 1.54) is 32.4 Å². The van der Waals surface area contributed by atoms with Gasteiger partial charge in [-0.3, -0.25) is 4.79 Å². The molecule has 0 aliphatic carbocycles. The number of nitrogens with zero attached hydrogens (tertiary/aromatic N) is 1. The van der Waals surface area contributed by atoms with E-state index in [2.05, 4.69) is 0 Å². The molecule has 8 nitrogen and oxygen atoms in total. The molecule has 0 unspecified atom stereocenters. The highest BCUT2D eigenvalue weighted by Gasteiger charge is 2.43. The van der Waals surface area contributed by atoms with Crippen molar-refractivity contribution >= 4 is 16.0 Å². The fourth-order valence-electron chi connectivity index (χ4n) is 2.39. The third kappa shape index (κ3) is 2.87. The second kappa shape index (κ2) is 6.11. The Labute approximate surface area is 127 Å². The molecule has 0 spiro atoms. The molecule has 1 heterocycles. The van der Waals surface area contributed by atoms with E-state index in [4.69, 9.17) is 14.6 Å². The third-order valence-corrected chi connectivity index (χ3v) is 5.35. The predicted octanol–water partition coefficient (Wildman–Crippen LogP) is -0.0877. The minimum atomic E-state index is -4.07. The van der Waals surface area contributed by atoms with Gasteiger partial charge in [0.15, 0.2) is 11.5 Å². The number of aliphatic carboxylic acids is 1. The largest absolute Gasteiger partial charge is 0.493 e. The molecule has 22 heavy (non-hydrogen) atoms.